The van der Waals surface area contributed by atoms with Crippen LogP contribution in [0.2, 0.25) is 0 Å². The highest BCUT2D eigenvalue weighted by atomic mass is 35.5. The summed E-state index contributed by atoms with van der Waals surface area (Å²) < 4.78 is 10.6. The lowest BCUT2D eigenvalue weighted by Crippen LogP contribution is -2.39. The fourth-order valence-corrected chi connectivity index (χ4v) is 1.87. The number of ether oxygens (including phenoxy) is 2. The van der Waals surface area contributed by atoms with Crippen LogP contribution in [0.4, 0.5) is 0 Å². The predicted octanol–water partition coefficient (Wildman–Crippen LogP) is -0.0876. The van der Waals surface area contributed by atoms with Crippen molar-refractivity contribution in [3.8, 4) is 5.75 Å². The lowest BCUT2D eigenvalue weighted by molar-refractivity contribution is -0.165. The molecule has 30 heavy (non-hydrogen) atoms. The van der Waals surface area contributed by atoms with Gasteiger partial charge in [0.15, 0.2) is 12.2 Å². The van der Waals surface area contributed by atoms with Crippen LogP contribution in [0.3, 0.4) is 0 Å². The molecule has 0 saturated carbocycles. The standard InChI is InChI=1S/C15H25NO3.C4H6O6.ClH/c1-12(2)16-10-14(17)11-19-15-6-4-13(5-7-15)8-9-18-3;5-1(3(7)8)2(6)4(9)10;/h4-7,12,14,16-17H,8-11H2,1-3H3;1-2,5-6H,(H,7,8)(H,9,10);1H. The molecule has 0 radical (unpaired) electrons. The van der Waals surface area contributed by atoms with Gasteiger partial charge in [-0.15, -0.1) is 12.4 Å². The van der Waals surface area contributed by atoms with Crippen LogP contribution >= 0.6 is 12.4 Å². The molecule has 3 unspecified atom stereocenters. The number of aliphatic hydroxyl groups excluding tert-OH is 3. The van der Waals surface area contributed by atoms with Crippen LogP contribution in [-0.4, -0.2) is 88.7 Å². The Kier molecular flexibility index (Phi) is 16.9. The summed E-state index contributed by atoms with van der Waals surface area (Å²) in [5.74, 6) is -2.76. The van der Waals surface area contributed by atoms with Crippen LogP contribution in [0.15, 0.2) is 24.3 Å². The van der Waals surface area contributed by atoms with Gasteiger partial charge in [-0.05, 0) is 24.1 Å². The minimum Gasteiger partial charge on any atom is -0.491 e. The Morgan fingerprint density at radius 2 is 1.50 bits per heavy atom. The van der Waals surface area contributed by atoms with E-state index >= 15 is 0 Å². The first kappa shape index (κ1) is 30.2. The second-order valence-electron chi connectivity index (χ2n) is 6.48. The lowest BCUT2D eigenvalue weighted by atomic mass is 10.1. The van der Waals surface area contributed by atoms with Gasteiger partial charge in [0.05, 0.1) is 6.61 Å². The lowest BCUT2D eigenvalue weighted by Gasteiger charge is -2.15. The van der Waals surface area contributed by atoms with E-state index < -0.39 is 30.3 Å². The highest BCUT2D eigenvalue weighted by Gasteiger charge is 2.29. The summed E-state index contributed by atoms with van der Waals surface area (Å²) in [6, 6.07) is 8.26. The number of nitrogens with one attached hydrogen (secondary N) is 1. The molecule has 1 aromatic rings. The van der Waals surface area contributed by atoms with Gasteiger partial charge in [0.1, 0.15) is 18.5 Å². The molecule has 1 rings (SSSR count). The first-order chi connectivity index (χ1) is 13.6. The maximum Gasteiger partial charge on any atom is 0.335 e. The fraction of sp³-hybridized carbons (Fsp3) is 0.579. The summed E-state index contributed by atoms with van der Waals surface area (Å²) in [5, 5.41) is 45.4. The van der Waals surface area contributed by atoms with Crippen molar-refractivity contribution in [2.45, 2.75) is 44.6 Å². The second kappa shape index (κ2) is 16.8. The number of aliphatic hydroxyl groups is 3. The molecule has 1 aromatic carbocycles. The molecule has 0 saturated heterocycles. The van der Waals surface area contributed by atoms with Gasteiger partial charge in [0.2, 0.25) is 0 Å². The number of aliphatic carboxylic acids is 2. The van der Waals surface area contributed by atoms with Crippen molar-refractivity contribution < 1.29 is 44.6 Å². The normalized spacial score (nSPS) is 13.3. The van der Waals surface area contributed by atoms with Gasteiger partial charge >= 0.3 is 11.9 Å². The van der Waals surface area contributed by atoms with E-state index in [1.54, 1.807) is 7.11 Å². The van der Waals surface area contributed by atoms with Crippen LogP contribution in [0.25, 0.3) is 0 Å². The van der Waals surface area contributed by atoms with Crippen molar-refractivity contribution in [2.24, 2.45) is 0 Å². The van der Waals surface area contributed by atoms with E-state index in [2.05, 4.69) is 5.32 Å². The van der Waals surface area contributed by atoms with E-state index in [1.165, 1.54) is 5.56 Å². The molecule has 6 N–H and O–H groups in total. The van der Waals surface area contributed by atoms with Crippen LogP contribution in [0.1, 0.15) is 19.4 Å². The monoisotopic (exact) mass is 453 g/mol. The minimum absolute atomic E-state index is 0. The Labute approximate surface area is 181 Å². The quantitative estimate of drug-likeness (QED) is 0.252. The number of carbonyl (C=O) groups is 2. The number of benzene rings is 1. The van der Waals surface area contributed by atoms with Gasteiger partial charge in [0, 0.05) is 19.7 Å². The van der Waals surface area contributed by atoms with Crippen molar-refractivity contribution in [3.63, 3.8) is 0 Å². The van der Waals surface area contributed by atoms with Crippen LogP contribution in [0, 0.1) is 0 Å². The highest BCUT2D eigenvalue weighted by molar-refractivity contribution is 5.85. The van der Waals surface area contributed by atoms with E-state index in [-0.39, 0.29) is 12.4 Å². The molecule has 0 aliphatic carbocycles. The van der Waals surface area contributed by atoms with Gasteiger partial charge in [-0.1, -0.05) is 26.0 Å². The number of halogens is 1. The average molecular weight is 454 g/mol. The van der Waals surface area contributed by atoms with Crippen LogP contribution in [-0.2, 0) is 20.7 Å². The third-order valence-corrected chi connectivity index (χ3v) is 3.53. The average Bonchev–Trinajstić information content (AvgIpc) is 2.68. The zero-order valence-electron chi connectivity index (χ0n) is 17.2. The smallest absolute Gasteiger partial charge is 0.335 e. The third kappa shape index (κ3) is 14.1. The van der Waals surface area contributed by atoms with Crippen molar-refractivity contribution >= 4 is 24.3 Å². The summed E-state index contributed by atoms with van der Waals surface area (Å²) >= 11 is 0. The molecular weight excluding hydrogens is 422 g/mol. The molecule has 174 valence electrons. The van der Waals surface area contributed by atoms with E-state index in [0.717, 1.165) is 18.8 Å². The Bertz CT molecular complexity index is 580. The molecule has 0 spiro atoms. The van der Waals surface area contributed by atoms with Gasteiger partial charge in [-0.3, -0.25) is 0 Å². The topological polar surface area (TPSA) is 166 Å². The highest BCUT2D eigenvalue weighted by Crippen LogP contribution is 2.12. The Morgan fingerprint density at radius 3 is 1.90 bits per heavy atom. The van der Waals surface area contributed by atoms with Gasteiger partial charge in [-0.25, -0.2) is 9.59 Å². The Balaban J connectivity index is 0. The summed E-state index contributed by atoms with van der Waals surface area (Å²) in [5.41, 5.74) is 1.22. The molecule has 10 nitrogen and oxygen atoms in total. The van der Waals surface area contributed by atoms with Gasteiger partial charge in [0.25, 0.3) is 0 Å². The van der Waals surface area contributed by atoms with Crippen molar-refractivity contribution in [1.82, 2.24) is 5.32 Å². The largest absolute Gasteiger partial charge is 0.491 e. The summed E-state index contributed by atoms with van der Waals surface area (Å²) in [4.78, 5) is 19.5. The summed E-state index contributed by atoms with van der Waals surface area (Å²) in [7, 11) is 1.70. The molecule has 0 heterocycles. The van der Waals surface area contributed by atoms with Gasteiger partial charge < -0.3 is 40.3 Å². The van der Waals surface area contributed by atoms with Crippen molar-refractivity contribution in [1.29, 1.82) is 0 Å². The number of methoxy groups -OCH3 is 1. The molecule has 0 fully saturated rings. The van der Waals surface area contributed by atoms with E-state index in [0.29, 0.717) is 19.2 Å². The molecule has 3 atom stereocenters. The fourth-order valence-electron chi connectivity index (χ4n) is 1.87. The minimum atomic E-state index is -2.27. The first-order valence-corrected chi connectivity index (χ1v) is 9.02. The second-order valence-corrected chi connectivity index (χ2v) is 6.48. The molecule has 0 amide bonds. The zero-order valence-corrected chi connectivity index (χ0v) is 18.0. The number of rotatable bonds is 12. The number of carboxylic acids is 2. The molecular formula is C19H32ClNO9. The molecule has 0 aromatic heterocycles. The van der Waals surface area contributed by atoms with Gasteiger partial charge in [-0.2, -0.15) is 0 Å². The maximum absolute atomic E-state index is 9.77. The Morgan fingerprint density at radius 1 is 1.00 bits per heavy atom. The zero-order chi connectivity index (χ0) is 22.4. The molecule has 0 aliphatic heterocycles. The van der Waals surface area contributed by atoms with E-state index in [9.17, 15) is 14.7 Å². The summed E-state index contributed by atoms with van der Waals surface area (Å²) in [6.45, 7) is 5.67. The third-order valence-electron chi connectivity index (χ3n) is 3.53. The molecule has 11 heteroatoms. The number of carboxylic acid groups (broad SMARTS) is 2. The number of hydrogen-bond acceptors (Lipinski definition) is 8. The van der Waals surface area contributed by atoms with Crippen molar-refractivity contribution in [2.75, 3.05) is 26.9 Å². The molecule has 0 aliphatic rings. The first-order valence-electron chi connectivity index (χ1n) is 9.02. The van der Waals surface area contributed by atoms with Crippen molar-refractivity contribution in [3.05, 3.63) is 29.8 Å². The van der Waals surface area contributed by atoms with E-state index in [1.807, 2.05) is 38.1 Å². The maximum atomic E-state index is 9.77. The molecule has 0 bridgehead atoms. The van der Waals surface area contributed by atoms with E-state index in [4.69, 9.17) is 29.9 Å². The number of hydrogen-bond donors (Lipinski definition) is 6. The predicted molar refractivity (Wildman–Crippen MR) is 111 cm³/mol. The SMILES string of the molecule is COCCc1ccc(OCC(O)CNC(C)C)cc1.Cl.O=C(O)C(O)C(O)C(=O)O. The van der Waals surface area contributed by atoms with Crippen LogP contribution in [0.5, 0.6) is 5.75 Å². The Hall–Kier alpha value is -1.95. The van der Waals surface area contributed by atoms with Crippen LogP contribution < -0.4 is 10.1 Å². The summed E-state index contributed by atoms with van der Waals surface area (Å²) in [6.07, 6.45) is -4.12.